The molecule has 2 aromatic rings. The number of hydrogen-bond acceptors (Lipinski definition) is 8. The number of morpholine rings is 1. The van der Waals surface area contributed by atoms with Gasteiger partial charge in [0, 0.05) is 35.5 Å². The minimum Gasteiger partial charge on any atom is -0.507 e. The average Bonchev–Trinajstić information content (AvgIpc) is 2.78. The number of hydrazone groups is 1. The fourth-order valence-electron chi connectivity index (χ4n) is 4.22. The molecule has 1 fully saturated rings. The van der Waals surface area contributed by atoms with Crippen LogP contribution >= 0.6 is 11.8 Å². The van der Waals surface area contributed by atoms with E-state index in [0.717, 1.165) is 53.7 Å². The van der Waals surface area contributed by atoms with Gasteiger partial charge in [0.05, 0.1) is 25.1 Å². The summed E-state index contributed by atoms with van der Waals surface area (Å²) in [5.41, 5.74) is 7.90. The van der Waals surface area contributed by atoms with E-state index in [-0.39, 0.29) is 16.6 Å². The number of benzene rings is 1. The summed E-state index contributed by atoms with van der Waals surface area (Å²) in [4.78, 5) is 11.9. The Labute approximate surface area is 207 Å². The van der Waals surface area contributed by atoms with Gasteiger partial charge in [0.25, 0.3) is 0 Å². The van der Waals surface area contributed by atoms with Gasteiger partial charge in [-0.15, -0.1) is 0 Å². The molecule has 0 aliphatic carbocycles. The molecular formula is C26H37N5O2S. The summed E-state index contributed by atoms with van der Waals surface area (Å²) in [7, 11) is 0. The van der Waals surface area contributed by atoms with Crippen LogP contribution in [-0.4, -0.2) is 53.3 Å². The lowest BCUT2D eigenvalue weighted by Crippen LogP contribution is -2.38. The van der Waals surface area contributed by atoms with Crippen LogP contribution in [0.4, 0.5) is 11.8 Å². The minimum absolute atomic E-state index is 0.0452. The van der Waals surface area contributed by atoms with Gasteiger partial charge >= 0.3 is 0 Å². The van der Waals surface area contributed by atoms with E-state index in [1.807, 2.05) is 17.8 Å². The van der Waals surface area contributed by atoms with Gasteiger partial charge in [-0.2, -0.15) is 21.8 Å². The molecule has 1 aromatic carbocycles. The summed E-state index contributed by atoms with van der Waals surface area (Å²) in [6.45, 7) is 16.0. The van der Waals surface area contributed by atoms with Crippen molar-refractivity contribution in [2.75, 3.05) is 42.4 Å². The van der Waals surface area contributed by atoms with Crippen LogP contribution in [0.5, 0.6) is 5.75 Å². The Kier molecular flexibility index (Phi) is 7.10. The van der Waals surface area contributed by atoms with Gasteiger partial charge in [-0.05, 0) is 34.6 Å². The van der Waals surface area contributed by atoms with Crippen LogP contribution in [0.15, 0.2) is 17.2 Å². The molecule has 0 atom stereocenters. The van der Waals surface area contributed by atoms with E-state index in [4.69, 9.17) is 14.7 Å². The molecule has 1 saturated heterocycles. The van der Waals surface area contributed by atoms with Crippen molar-refractivity contribution < 1.29 is 9.84 Å². The van der Waals surface area contributed by atoms with Crippen molar-refractivity contribution >= 4 is 29.7 Å². The number of ether oxygens (including phenoxy) is 1. The fraction of sp³-hybridized carbons (Fsp3) is 0.577. The van der Waals surface area contributed by atoms with Crippen LogP contribution in [0, 0.1) is 0 Å². The second-order valence-electron chi connectivity index (χ2n) is 11.0. The molecule has 0 bridgehead atoms. The highest BCUT2D eigenvalue weighted by Gasteiger charge is 2.25. The lowest BCUT2D eigenvalue weighted by molar-refractivity contribution is 0.122. The zero-order valence-corrected chi connectivity index (χ0v) is 22.1. The maximum absolute atomic E-state index is 11.0. The van der Waals surface area contributed by atoms with Gasteiger partial charge in [-0.25, -0.2) is 10.4 Å². The number of fused-ring (bicyclic) bond motifs is 1. The molecule has 2 aliphatic rings. The molecule has 0 radical (unpaired) electrons. The van der Waals surface area contributed by atoms with E-state index < -0.39 is 0 Å². The molecule has 34 heavy (non-hydrogen) atoms. The quantitative estimate of drug-likeness (QED) is 0.475. The van der Waals surface area contributed by atoms with Crippen molar-refractivity contribution in [2.24, 2.45) is 5.10 Å². The number of phenolic OH excluding ortho intramolecular Hbond substituents is 1. The summed E-state index contributed by atoms with van der Waals surface area (Å²) < 4.78 is 5.53. The van der Waals surface area contributed by atoms with E-state index >= 15 is 0 Å². The summed E-state index contributed by atoms with van der Waals surface area (Å²) >= 11 is 1.93. The van der Waals surface area contributed by atoms with Gasteiger partial charge < -0.3 is 14.7 Å². The Bertz CT molecular complexity index is 1070. The summed E-state index contributed by atoms with van der Waals surface area (Å²) in [6, 6.07) is 4.12. The van der Waals surface area contributed by atoms with Crippen molar-refractivity contribution in [1.82, 2.24) is 9.97 Å². The van der Waals surface area contributed by atoms with E-state index in [0.29, 0.717) is 24.7 Å². The monoisotopic (exact) mass is 483 g/mol. The summed E-state index contributed by atoms with van der Waals surface area (Å²) in [5.74, 6) is 3.76. The molecule has 0 unspecified atom stereocenters. The minimum atomic E-state index is -0.186. The number of aromatic hydroxyl groups is 1. The van der Waals surface area contributed by atoms with Crippen LogP contribution < -0.4 is 10.3 Å². The standard InChI is InChI=1S/C26H37N5O2S/c1-25(2,3)18-13-17(22(32)20(14-18)26(4,5)6)15-27-30-24-28-21-7-12-34-16-19(21)23(29-24)31-8-10-33-11-9-31/h13-15,32H,7-12,16H2,1-6H3,(H,28,29,30)/b27-15+. The number of nitrogens with zero attached hydrogens (tertiary/aromatic N) is 4. The number of aryl methyl sites for hydroxylation is 1. The normalized spacial score (nSPS) is 17.2. The zero-order chi connectivity index (χ0) is 24.5. The predicted molar refractivity (Wildman–Crippen MR) is 142 cm³/mol. The topological polar surface area (TPSA) is 82.9 Å². The SMILES string of the molecule is CC(C)(C)c1cc(/C=N/Nc2nc3c(c(N4CCOCC4)n2)CSCC3)c(O)c(C(C)(C)C)c1. The number of thioether (sulfide) groups is 1. The average molecular weight is 484 g/mol. The van der Waals surface area contributed by atoms with Crippen molar-refractivity contribution in [3.8, 4) is 5.75 Å². The van der Waals surface area contributed by atoms with Crippen LogP contribution in [0.25, 0.3) is 0 Å². The molecule has 1 aromatic heterocycles. The first-order valence-corrected chi connectivity index (χ1v) is 13.2. The Morgan fingerprint density at radius 1 is 1.09 bits per heavy atom. The van der Waals surface area contributed by atoms with E-state index in [1.54, 1.807) is 6.21 Å². The van der Waals surface area contributed by atoms with E-state index in [9.17, 15) is 5.11 Å². The number of phenols is 1. The van der Waals surface area contributed by atoms with Gasteiger partial charge in [-0.3, -0.25) is 0 Å². The first kappa shape index (κ1) is 24.8. The molecule has 184 valence electrons. The van der Waals surface area contributed by atoms with Crippen molar-refractivity contribution in [3.63, 3.8) is 0 Å². The Hall–Kier alpha value is -2.32. The lowest BCUT2D eigenvalue weighted by atomic mass is 9.79. The highest BCUT2D eigenvalue weighted by Crippen LogP contribution is 2.37. The van der Waals surface area contributed by atoms with Gasteiger partial charge in [0.15, 0.2) is 0 Å². The molecule has 8 heteroatoms. The van der Waals surface area contributed by atoms with Crippen molar-refractivity contribution in [2.45, 2.75) is 64.5 Å². The zero-order valence-electron chi connectivity index (χ0n) is 21.2. The Balaban J connectivity index is 1.65. The van der Waals surface area contributed by atoms with Crippen LogP contribution in [0.2, 0.25) is 0 Å². The molecule has 3 heterocycles. The molecule has 2 aliphatic heterocycles. The maximum Gasteiger partial charge on any atom is 0.245 e. The number of aromatic nitrogens is 2. The predicted octanol–water partition coefficient (Wildman–Crippen LogP) is 4.85. The third-order valence-electron chi connectivity index (χ3n) is 6.29. The molecule has 0 spiro atoms. The highest BCUT2D eigenvalue weighted by atomic mass is 32.2. The van der Waals surface area contributed by atoms with Crippen molar-refractivity contribution in [3.05, 3.63) is 40.1 Å². The summed E-state index contributed by atoms with van der Waals surface area (Å²) in [6.07, 6.45) is 2.61. The first-order chi connectivity index (χ1) is 16.0. The van der Waals surface area contributed by atoms with Crippen LogP contribution in [-0.2, 0) is 27.7 Å². The fourth-order valence-corrected chi connectivity index (χ4v) is 5.20. The lowest BCUT2D eigenvalue weighted by Gasteiger charge is -2.31. The summed E-state index contributed by atoms with van der Waals surface area (Å²) in [5, 5.41) is 15.5. The van der Waals surface area contributed by atoms with Crippen LogP contribution in [0.1, 0.15) is 69.5 Å². The molecular weight excluding hydrogens is 446 g/mol. The van der Waals surface area contributed by atoms with Gasteiger partial charge in [-0.1, -0.05) is 47.6 Å². The van der Waals surface area contributed by atoms with Gasteiger partial charge in [0.2, 0.25) is 5.95 Å². The third kappa shape index (κ3) is 5.49. The third-order valence-corrected chi connectivity index (χ3v) is 7.28. The second-order valence-corrected chi connectivity index (χ2v) is 12.1. The van der Waals surface area contributed by atoms with Crippen LogP contribution in [0.3, 0.4) is 0 Å². The molecule has 4 rings (SSSR count). The number of rotatable bonds is 4. The highest BCUT2D eigenvalue weighted by molar-refractivity contribution is 7.98. The van der Waals surface area contributed by atoms with Gasteiger partial charge in [0.1, 0.15) is 11.6 Å². The number of anilines is 2. The molecule has 0 amide bonds. The van der Waals surface area contributed by atoms with E-state index in [2.05, 4.69) is 63.0 Å². The maximum atomic E-state index is 11.0. The molecule has 2 N–H and O–H groups in total. The molecule has 7 nitrogen and oxygen atoms in total. The first-order valence-electron chi connectivity index (χ1n) is 12.0. The van der Waals surface area contributed by atoms with E-state index in [1.165, 1.54) is 5.56 Å². The largest absolute Gasteiger partial charge is 0.507 e. The number of nitrogens with one attached hydrogen (secondary N) is 1. The smallest absolute Gasteiger partial charge is 0.245 e. The molecule has 0 saturated carbocycles. The second kappa shape index (κ2) is 9.74. The Morgan fingerprint density at radius 3 is 2.50 bits per heavy atom. The number of hydrogen-bond donors (Lipinski definition) is 2. The van der Waals surface area contributed by atoms with Crippen molar-refractivity contribution in [1.29, 1.82) is 0 Å². The Morgan fingerprint density at radius 2 is 1.82 bits per heavy atom.